The molecule has 2 fully saturated rings. The molecule has 1 aromatic rings. The molecule has 0 aromatic heterocycles. The number of halogens is 2. The minimum atomic E-state index is -4.11. The smallest absolute Gasteiger partial charge is 0.328 e. The molecule has 0 aliphatic carbocycles. The molecule has 2 aliphatic rings. The van der Waals surface area contributed by atoms with Crippen LogP contribution in [-0.2, 0) is 19.6 Å². The normalized spacial score (nSPS) is 20.1. The molecular formula is C23H33Cl2N5O6S. The van der Waals surface area contributed by atoms with E-state index < -0.39 is 40.0 Å². The number of hydrogen-bond acceptors (Lipinski definition) is 6. The molecule has 3 amide bonds. The van der Waals surface area contributed by atoms with E-state index in [1.165, 1.54) is 18.2 Å². The van der Waals surface area contributed by atoms with Crippen molar-refractivity contribution < 1.29 is 27.9 Å². The minimum Gasteiger partial charge on any atom is -0.480 e. The number of carbonyl (C=O) groups is 3. The molecule has 3 N–H and O–H groups in total. The summed E-state index contributed by atoms with van der Waals surface area (Å²) < 4.78 is 27.4. The number of benzene rings is 1. The van der Waals surface area contributed by atoms with Crippen molar-refractivity contribution in [3.8, 4) is 0 Å². The van der Waals surface area contributed by atoms with Crippen LogP contribution in [0.1, 0.15) is 25.7 Å². The second-order valence-electron chi connectivity index (χ2n) is 9.66. The fourth-order valence-electron chi connectivity index (χ4n) is 4.71. The lowest BCUT2D eigenvalue weighted by molar-refractivity contribution is -0.142. The molecule has 2 heterocycles. The number of carboxylic acids is 1. The van der Waals surface area contributed by atoms with Gasteiger partial charge in [0, 0.05) is 36.2 Å². The standard InChI is InChI=1S/C23H33Cl2N5O6S/c1-28(2)14-15-5-8-29(9-6-15)23(34)26-13-19(22(32)33)27-21(31)20-4-3-7-30(20)37(35,36)18-11-16(24)10-17(25)12-18/h10-12,15,19-20H,3-9,13-14H2,1-2H3,(H,26,34)(H,27,31)(H,32,33)/t19-,20+/m0/s1. The lowest BCUT2D eigenvalue weighted by atomic mass is 9.97. The van der Waals surface area contributed by atoms with Gasteiger partial charge in [0.25, 0.3) is 0 Å². The first-order chi connectivity index (χ1) is 17.4. The van der Waals surface area contributed by atoms with Gasteiger partial charge in [0.15, 0.2) is 0 Å². The van der Waals surface area contributed by atoms with Gasteiger partial charge < -0.3 is 25.5 Å². The van der Waals surface area contributed by atoms with Crippen molar-refractivity contribution in [1.29, 1.82) is 0 Å². The molecular weight excluding hydrogens is 545 g/mol. The maximum Gasteiger partial charge on any atom is 0.328 e. The average molecular weight is 579 g/mol. The Labute approximate surface area is 227 Å². The van der Waals surface area contributed by atoms with Crippen molar-refractivity contribution >= 4 is 51.1 Å². The first kappa shape index (κ1) is 29.4. The van der Waals surface area contributed by atoms with Crippen LogP contribution < -0.4 is 10.6 Å². The van der Waals surface area contributed by atoms with Gasteiger partial charge in [-0.1, -0.05) is 23.2 Å². The van der Waals surface area contributed by atoms with Crippen LogP contribution in [0.3, 0.4) is 0 Å². The van der Waals surface area contributed by atoms with Gasteiger partial charge in [-0.2, -0.15) is 4.31 Å². The van der Waals surface area contributed by atoms with Crippen molar-refractivity contribution in [1.82, 2.24) is 24.7 Å². The second kappa shape index (κ2) is 12.6. The van der Waals surface area contributed by atoms with E-state index in [-0.39, 0.29) is 34.5 Å². The number of rotatable bonds is 9. The fraction of sp³-hybridized carbons (Fsp3) is 0.609. The quantitative estimate of drug-likeness (QED) is 0.406. The number of carboxylic acid groups (broad SMARTS) is 1. The molecule has 2 atom stereocenters. The number of nitrogens with one attached hydrogen (secondary N) is 2. The molecule has 3 rings (SSSR count). The Morgan fingerprint density at radius 3 is 2.27 bits per heavy atom. The summed E-state index contributed by atoms with van der Waals surface area (Å²) in [7, 11) is -0.0967. The number of amides is 3. The summed E-state index contributed by atoms with van der Waals surface area (Å²) in [5, 5.41) is 14.9. The highest BCUT2D eigenvalue weighted by Crippen LogP contribution is 2.30. The predicted octanol–water partition coefficient (Wildman–Crippen LogP) is 1.70. The largest absolute Gasteiger partial charge is 0.480 e. The highest BCUT2D eigenvalue weighted by atomic mass is 35.5. The molecule has 2 aliphatic heterocycles. The third-order valence-corrected chi connectivity index (χ3v) is 8.87. The Morgan fingerprint density at radius 1 is 1.08 bits per heavy atom. The monoisotopic (exact) mass is 577 g/mol. The molecule has 2 saturated heterocycles. The molecule has 206 valence electrons. The molecule has 0 unspecified atom stereocenters. The number of piperidine rings is 1. The number of aliphatic carboxylic acids is 1. The molecule has 37 heavy (non-hydrogen) atoms. The molecule has 0 spiro atoms. The maximum atomic E-state index is 13.2. The van der Waals surface area contributed by atoms with Crippen molar-refractivity contribution in [3.05, 3.63) is 28.2 Å². The van der Waals surface area contributed by atoms with Gasteiger partial charge in [-0.15, -0.1) is 0 Å². The van der Waals surface area contributed by atoms with Crippen LogP contribution in [0.25, 0.3) is 0 Å². The highest BCUT2D eigenvalue weighted by Gasteiger charge is 2.41. The van der Waals surface area contributed by atoms with Crippen LogP contribution in [0, 0.1) is 5.92 Å². The number of carbonyl (C=O) groups excluding carboxylic acids is 2. The van der Waals surface area contributed by atoms with Gasteiger partial charge in [0.05, 0.1) is 11.4 Å². The van der Waals surface area contributed by atoms with E-state index >= 15 is 0 Å². The number of hydrogen-bond donors (Lipinski definition) is 3. The molecule has 0 radical (unpaired) electrons. The summed E-state index contributed by atoms with van der Waals surface area (Å²) in [4.78, 5) is 41.0. The van der Waals surface area contributed by atoms with Crippen LogP contribution >= 0.6 is 23.2 Å². The van der Waals surface area contributed by atoms with Gasteiger partial charge in [-0.25, -0.2) is 18.0 Å². The average Bonchev–Trinajstić information content (AvgIpc) is 3.32. The Morgan fingerprint density at radius 2 is 1.70 bits per heavy atom. The summed E-state index contributed by atoms with van der Waals surface area (Å²) in [5.41, 5.74) is 0. The van der Waals surface area contributed by atoms with Crippen LogP contribution in [0.15, 0.2) is 23.1 Å². The zero-order chi connectivity index (χ0) is 27.3. The van der Waals surface area contributed by atoms with E-state index in [0.29, 0.717) is 25.4 Å². The number of likely N-dealkylation sites (tertiary alicyclic amines) is 1. The molecule has 0 saturated carbocycles. The lowest BCUT2D eigenvalue weighted by Crippen LogP contribution is -2.55. The van der Waals surface area contributed by atoms with Crippen LogP contribution in [0.5, 0.6) is 0 Å². The first-order valence-corrected chi connectivity index (χ1v) is 14.3. The van der Waals surface area contributed by atoms with Crippen molar-refractivity contribution in [2.24, 2.45) is 5.92 Å². The van der Waals surface area contributed by atoms with E-state index in [0.717, 1.165) is 23.7 Å². The highest BCUT2D eigenvalue weighted by molar-refractivity contribution is 7.89. The second-order valence-corrected chi connectivity index (χ2v) is 12.4. The number of nitrogens with zero attached hydrogens (tertiary/aromatic N) is 3. The van der Waals surface area contributed by atoms with Crippen LogP contribution in [0.4, 0.5) is 4.79 Å². The van der Waals surface area contributed by atoms with Gasteiger partial charge in [-0.05, 0) is 63.9 Å². The third-order valence-electron chi connectivity index (χ3n) is 6.55. The van der Waals surface area contributed by atoms with Gasteiger partial charge in [-0.3, -0.25) is 4.79 Å². The Bertz CT molecular complexity index is 1090. The fourth-order valence-corrected chi connectivity index (χ4v) is 7.09. The zero-order valence-corrected chi connectivity index (χ0v) is 23.2. The molecule has 0 bridgehead atoms. The van der Waals surface area contributed by atoms with Gasteiger partial charge in [0.1, 0.15) is 12.1 Å². The zero-order valence-electron chi connectivity index (χ0n) is 20.8. The number of urea groups is 1. The first-order valence-electron chi connectivity index (χ1n) is 12.1. The van der Waals surface area contributed by atoms with E-state index in [1.807, 2.05) is 14.1 Å². The SMILES string of the molecule is CN(C)CC1CCN(C(=O)NC[C@H](NC(=O)[C@H]2CCCN2S(=O)(=O)c2cc(Cl)cc(Cl)c2)C(=O)O)CC1. The predicted molar refractivity (Wildman–Crippen MR) is 139 cm³/mol. The van der Waals surface area contributed by atoms with E-state index in [2.05, 4.69) is 15.5 Å². The van der Waals surface area contributed by atoms with E-state index in [4.69, 9.17) is 23.2 Å². The topological polar surface area (TPSA) is 139 Å². The van der Waals surface area contributed by atoms with Gasteiger partial charge in [0.2, 0.25) is 15.9 Å². The summed E-state index contributed by atoms with van der Waals surface area (Å²) in [5.74, 6) is -1.59. The van der Waals surface area contributed by atoms with Crippen LogP contribution in [-0.4, -0.2) is 104 Å². The third kappa shape index (κ3) is 7.70. The van der Waals surface area contributed by atoms with E-state index in [1.54, 1.807) is 4.90 Å². The van der Waals surface area contributed by atoms with Crippen molar-refractivity contribution in [3.63, 3.8) is 0 Å². The Hall–Kier alpha value is -2.12. The Balaban J connectivity index is 1.59. The van der Waals surface area contributed by atoms with Crippen molar-refractivity contribution in [2.45, 2.75) is 42.7 Å². The molecule has 1 aromatic carbocycles. The van der Waals surface area contributed by atoms with Crippen LogP contribution in [0.2, 0.25) is 10.0 Å². The lowest BCUT2D eigenvalue weighted by Gasteiger charge is -2.33. The Kier molecular flexibility index (Phi) is 10.0. The minimum absolute atomic E-state index is 0.0861. The summed E-state index contributed by atoms with van der Waals surface area (Å²) >= 11 is 11.9. The summed E-state index contributed by atoms with van der Waals surface area (Å²) in [6, 6.07) is 0.967. The molecule has 11 nitrogen and oxygen atoms in total. The molecule has 14 heteroatoms. The number of sulfonamides is 1. The van der Waals surface area contributed by atoms with E-state index in [9.17, 15) is 27.9 Å². The van der Waals surface area contributed by atoms with Crippen molar-refractivity contribution in [2.75, 3.05) is 46.8 Å². The summed E-state index contributed by atoms with van der Waals surface area (Å²) in [6.45, 7) is 1.83. The maximum absolute atomic E-state index is 13.2. The van der Waals surface area contributed by atoms with Gasteiger partial charge >= 0.3 is 12.0 Å². The summed E-state index contributed by atoms with van der Waals surface area (Å²) in [6.07, 6.45) is 2.35.